The first-order valence-corrected chi connectivity index (χ1v) is 11.3. The van der Waals surface area contributed by atoms with Crippen molar-refractivity contribution in [3.8, 4) is 11.1 Å². The normalized spacial score (nSPS) is 19.5. The second-order valence-electron chi connectivity index (χ2n) is 8.15. The van der Waals surface area contributed by atoms with Crippen molar-refractivity contribution in [3.63, 3.8) is 0 Å². The van der Waals surface area contributed by atoms with Gasteiger partial charge in [0.1, 0.15) is 11.2 Å². The maximum Gasteiger partial charge on any atom is 0.409 e. The highest BCUT2D eigenvalue weighted by molar-refractivity contribution is 9.10. The SMILES string of the molecule is O=C(O)C1CN(C(=O)OCC2c3ccccc3-c3ccccc32)CC1c1cccc(Br)n1. The number of carboxylic acid groups (broad SMARTS) is 1. The quantitative estimate of drug-likeness (QED) is 0.524. The van der Waals surface area contributed by atoms with Crippen molar-refractivity contribution < 1.29 is 19.4 Å². The van der Waals surface area contributed by atoms with Gasteiger partial charge in [-0.2, -0.15) is 0 Å². The van der Waals surface area contributed by atoms with E-state index in [1.54, 1.807) is 12.1 Å². The van der Waals surface area contributed by atoms with Crippen LogP contribution in [0.25, 0.3) is 11.1 Å². The Hall–Kier alpha value is -3.19. The highest BCUT2D eigenvalue weighted by Crippen LogP contribution is 2.44. The first-order valence-electron chi connectivity index (χ1n) is 10.5. The summed E-state index contributed by atoms with van der Waals surface area (Å²) < 4.78 is 6.36. The molecule has 1 amide bonds. The first-order chi connectivity index (χ1) is 15.5. The Morgan fingerprint density at radius 2 is 1.62 bits per heavy atom. The first kappa shape index (κ1) is 20.7. The number of ether oxygens (including phenoxy) is 1. The van der Waals surface area contributed by atoms with Gasteiger partial charge in [0.15, 0.2) is 0 Å². The predicted octanol–water partition coefficient (Wildman–Crippen LogP) is 4.89. The number of aromatic nitrogens is 1. The molecule has 1 aliphatic heterocycles. The third-order valence-corrected chi connectivity index (χ3v) is 6.79. The van der Waals surface area contributed by atoms with Gasteiger partial charge < -0.3 is 14.7 Å². The summed E-state index contributed by atoms with van der Waals surface area (Å²) in [6.07, 6.45) is -0.490. The van der Waals surface area contributed by atoms with E-state index in [1.807, 2.05) is 30.3 Å². The number of halogens is 1. The molecular formula is C25H21BrN2O4. The van der Waals surface area contributed by atoms with Crippen LogP contribution in [-0.2, 0) is 9.53 Å². The molecule has 0 bridgehead atoms. The molecule has 2 aromatic carbocycles. The van der Waals surface area contributed by atoms with Crippen LogP contribution < -0.4 is 0 Å². The number of nitrogens with zero attached hydrogens (tertiary/aromatic N) is 2. The highest BCUT2D eigenvalue weighted by Gasteiger charge is 2.42. The van der Waals surface area contributed by atoms with Gasteiger partial charge in [-0.3, -0.25) is 4.79 Å². The van der Waals surface area contributed by atoms with Crippen LogP contribution in [0.4, 0.5) is 4.79 Å². The van der Waals surface area contributed by atoms with Crippen molar-refractivity contribution in [1.29, 1.82) is 0 Å². The lowest BCUT2D eigenvalue weighted by atomic mass is 9.93. The molecule has 32 heavy (non-hydrogen) atoms. The molecule has 2 aliphatic rings. The molecule has 6 nitrogen and oxygen atoms in total. The molecule has 0 spiro atoms. The number of carbonyl (C=O) groups is 2. The Kier molecular flexibility index (Phi) is 5.43. The minimum atomic E-state index is -0.939. The van der Waals surface area contributed by atoms with E-state index in [2.05, 4.69) is 45.2 Å². The second-order valence-corrected chi connectivity index (χ2v) is 8.96. The Labute approximate surface area is 194 Å². The molecule has 2 heterocycles. The largest absolute Gasteiger partial charge is 0.481 e. The minimum Gasteiger partial charge on any atom is -0.481 e. The van der Waals surface area contributed by atoms with Crippen LogP contribution in [0.1, 0.15) is 28.7 Å². The van der Waals surface area contributed by atoms with Crippen molar-refractivity contribution >= 4 is 28.0 Å². The van der Waals surface area contributed by atoms with E-state index in [0.29, 0.717) is 10.3 Å². The van der Waals surface area contributed by atoms with Crippen LogP contribution >= 0.6 is 15.9 Å². The standard InChI is InChI=1S/C25H21BrN2O4/c26-23-11-5-10-22(27-23)19-12-28(13-20(19)24(29)30)25(31)32-14-21-17-8-3-1-6-15(17)16-7-2-4-9-18(16)21/h1-11,19-21H,12-14H2,(H,29,30). The molecule has 0 radical (unpaired) electrons. The summed E-state index contributed by atoms with van der Waals surface area (Å²) in [5.74, 6) is -2.08. The van der Waals surface area contributed by atoms with Crippen LogP contribution in [-0.4, -0.2) is 46.7 Å². The number of likely N-dealkylation sites (tertiary alicyclic amines) is 1. The van der Waals surface area contributed by atoms with Crippen molar-refractivity contribution in [3.05, 3.63) is 88.2 Å². The van der Waals surface area contributed by atoms with Crippen LogP contribution in [0, 0.1) is 5.92 Å². The van der Waals surface area contributed by atoms with Crippen molar-refractivity contribution in [2.75, 3.05) is 19.7 Å². The van der Waals surface area contributed by atoms with Crippen LogP contribution in [0.2, 0.25) is 0 Å². The highest BCUT2D eigenvalue weighted by atomic mass is 79.9. The molecule has 5 rings (SSSR count). The third-order valence-electron chi connectivity index (χ3n) is 6.35. The number of hydrogen-bond acceptors (Lipinski definition) is 4. The van der Waals surface area contributed by atoms with E-state index in [4.69, 9.17) is 4.74 Å². The number of pyridine rings is 1. The summed E-state index contributed by atoms with van der Waals surface area (Å²) in [7, 11) is 0. The molecule has 1 N–H and O–H groups in total. The lowest BCUT2D eigenvalue weighted by molar-refractivity contribution is -0.141. The lowest BCUT2D eigenvalue weighted by Gasteiger charge is -2.19. The number of fused-ring (bicyclic) bond motifs is 3. The van der Waals surface area contributed by atoms with Gasteiger partial charge in [-0.25, -0.2) is 9.78 Å². The van der Waals surface area contributed by atoms with Gasteiger partial charge in [0.05, 0.1) is 5.92 Å². The Bertz CT molecular complexity index is 1150. The number of carbonyl (C=O) groups excluding carboxylic acids is 1. The molecule has 3 aromatic rings. The fourth-order valence-corrected chi connectivity index (χ4v) is 5.18. The summed E-state index contributed by atoms with van der Waals surface area (Å²) in [5, 5.41) is 9.72. The van der Waals surface area contributed by atoms with Gasteiger partial charge in [-0.15, -0.1) is 0 Å². The van der Waals surface area contributed by atoms with E-state index in [0.717, 1.165) is 22.3 Å². The molecule has 2 unspecified atom stereocenters. The summed E-state index contributed by atoms with van der Waals surface area (Å²) in [5.41, 5.74) is 5.26. The molecule has 162 valence electrons. The predicted molar refractivity (Wildman–Crippen MR) is 122 cm³/mol. The zero-order chi connectivity index (χ0) is 22.2. The Balaban J connectivity index is 1.32. The molecule has 2 atom stereocenters. The monoisotopic (exact) mass is 492 g/mol. The Morgan fingerprint density at radius 3 is 2.25 bits per heavy atom. The van der Waals surface area contributed by atoms with Crippen LogP contribution in [0.15, 0.2) is 71.3 Å². The van der Waals surface area contributed by atoms with Crippen molar-refractivity contribution in [2.24, 2.45) is 5.92 Å². The van der Waals surface area contributed by atoms with Gasteiger partial charge in [0.25, 0.3) is 0 Å². The average Bonchev–Trinajstić information content (AvgIpc) is 3.38. The van der Waals surface area contributed by atoms with Crippen LogP contribution in [0.3, 0.4) is 0 Å². The maximum absolute atomic E-state index is 12.9. The van der Waals surface area contributed by atoms with Crippen LogP contribution in [0.5, 0.6) is 0 Å². The number of benzene rings is 2. The van der Waals surface area contributed by atoms with Crippen molar-refractivity contribution in [2.45, 2.75) is 11.8 Å². The van der Waals surface area contributed by atoms with Crippen molar-refractivity contribution in [1.82, 2.24) is 9.88 Å². The molecular weight excluding hydrogens is 472 g/mol. The smallest absolute Gasteiger partial charge is 0.409 e. The van der Waals surface area contributed by atoms with E-state index in [-0.39, 0.29) is 31.5 Å². The number of amides is 1. The van der Waals surface area contributed by atoms with Gasteiger partial charge in [-0.1, -0.05) is 54.6 Å². The second kappa shape index (κ2) is 8.39. The van der Waals surface area contributed by atoms with E-state index >= 15 is 0 Å². The fourth-order valence-electron chi connectivity index (χ4n) is 4.82. The molecule has 1 fully saturated rings. The minimum absolute atomic E-state index is 0.0354. The van der Waals surface area contributed by atoms with Gasteiger partial charge in [-0.05, 0) is 50.3 Å². The summed E-state index contributed by atoms with van der Waals surface area (Å²) in [4.78, 5) is 30.7. The topological polar surface area (TPSA) is 79.7 Å². The molecule has 7 heteroatoms. The molecule has 1 aromatic heterocycles. The van der Waals surface area contributed by atoms with Gasteiger partial charge in [0.2, 0.25) is 0 Å². The molecule has 1 aliphatic carbocycles. The zero-order valence-electron chi connectivity index (χ0n) is 17.1. The van der Waals surface area contributed by atoms with E-state index < -0.39 is 18.0 Å². The number of aliphatic carboxylic acids is 1. The number of hydrogen-bond donors (Lipinski definition) is 1. The summed E-state index contributed by atoms with van der Waals surface area (Å²) in [6.45, 7) is 0.572. The van der Waals surface area contributed by atoms with E-state index in [9.17, 15) is 14.7 Å². The fraction of sp³-hybridized carbons (Fsp3) is 0.240. The molecule has 0 saturated carbocycles. The maximum atomic E-state index is 12.9. The summed E-state index contributed by atoms with van der Waals surface area (Å²) in [6, 6.07) is 21.7. The summed E-state index contributed by atoms with van der Waals surface area (Å²) >= 11 is 3.34. The lowest BCUT2D eigenvalue weighted by Crippen LogP contribution is -2.31. The average molecular weight is 493 g/mol. The third kappa shape index (κ3) is 3.66. The zero-order valence-corrected chi connectivity index (χ0v) is 18.7. The van der Waals surface area contributed by atoms with E-state index in [1.165, 1.54) is 4.90 Å². The number of rotatable bonds is 4. The van der Waals surface area contributed by atoms with Gasteiger partial charge in [0, 0.05) is 30.6 Å². The van der Waals surface area contributed by atoms with Gasteiger partial charge >= 0.3 is 12.1 Å². The molecule has 1 saturated heterocycles. The number of carboxylic acids is 1. The Morgan fingerprint density at radius 1 is 0.969 bits per heavy atom.